The van der Waals surface area contributed by atoms with Gasteiger partial charge in [0.2, 0.25) is 11.8 Å². The largest absolute Gasteiger partial charge is 0.495 e. The van der Waals surface area contributed by atoms with Crippen molar-refractivity contribution in [3.8, 4) is 5.75 Å². The molecule has 9 heteroatoms. The van der Waals surface area contributed by atoms with Gasteiger partial charge in [-0.15, -0.1) is 0 Å². The van der Waals surface area contributed by atoms with Crippen LogP contribution in [0.4, 0.5) is 11.4 Å². The molecule has 30 heavy (non-hydrogen) atoms. The third kappa shape index (κ3) is 3.32. The average molecular weight is 450 g/mol. The van der Waals surface area contributed by atoms with Crippen molar-refractivity contribution in [2.75, 3.05) is 17.7 Å². The molecule has 2 aliphatic heterocycles. The third-order valence-electron chi connectivity index (χ3n) is 5.76. The van der Waals surface area contributed by atoms with Crippen molar-refractivity contribution in [3.05, 3.63) is 52.0 Å². The molecule has 0 radical (unpaired) electrons. The number of nitrogens with one attached hydrogen (secondary N) is 3. The summed E-state index contributed by atoms with van der Waals surface area (Å²) in [6.07, 6.45) is -0.511. The Morgan fingerprint density at radius 2 is 1.97 bits per heavy atom. The van der Waals surface area contributed by atoms with Gasteiger partial charge in [0, 0.05) is 27.3 Å². The lowest BCUT2D eigenvalue weighted by atomic mass is 9.79. The van der Waals surface area contributed by atoms with Crippen LogP contribution in [0.5, 0.6) is 5.75 Å². The summed E-state index contributed by atoms with van der Waals surface area (Å²) in [5, 5.41) is 20.0. The Kier molecular flexibility index (Phi) is 5.40. The van der Waals surface area contributed by atoms with Gasteiger partial charge in [-0.1, -0.05) is 23.2 Å². The number of carbonyl (C=O) groups excluding carboxylic acids is 2. The van der Waals surface area contributed by atoms with E-state index in [1.165, 1.54) is 7.11 Å². The number of rotatable bonds is 4. The molecule has 1 fully saturated rings. The maximum Gasteiger partial charge on any atom is 0.250 e. The van der Waals surface area contributed by atoms with Crippen LogP contribution in [0, 0.1) is 5.92 Å². The Hall–Kier alpha value is -2.32. The van der Waals surface area contributed by atoms with Gasteiger partial charge in [-0.3, -0.25) is 14.9 Å². The van der Waals surface area contributed by atoms with Crippen molar-refractivity contribution in [2.45, 2.75) is 31.0 Å². The first-order chi connectivity index (χ1) is 14.3. The first kappa shape index (κ1) is 20.9. The standard InChI is InChI=1S/C21H21Cl2N3O4/c1-10(27)16-9-14(19(28)24-17-8-12(23)4-6-18(17)30-2)21(26-16)13-7-11(22)3-5-15(13)25-20(21)29/h3-8,10,14,16,26-27H,9H2,1-2H3,(H,24,28)(H,25,29)/t10-,14+,16-,21+/m1/s1. The lowest BCUT2D eigenvalue weighted by molar-refractivity contribution is -0.130. The first-order valence-corrected chi connectivity index (χ1v) is 10.2. The number of benzene rings is 2. The summed E-state index contributed by atoms with van der Waals surface area (Å²) in [6, 6.07) is 9.48. The summed E-state index contributed by atoms with van der Waals surface area (Å²) in [4.78, 5) is 26.6. The molecule has 7 nitrogen and oxygen atoms in total. The molecule has 2 heterocycles. The number of aliphatic hydroxyl groups is 1. The van der Waals surface area contributed by atoms with Crippen molar-refractivity contribution < 1.29 is 19.4 Å². The maximum atomic E-state index is 13.4. The van der Waals surface area contributed by atoms with Gasteiger partial charge < -0.3 is 20.5 Å². The molecule has 0 bridgehead atoms. The summed E-state index contributed by atoms with van der Waals surface area (Å²) in [6.45, 7) is 1.62. The second-order valence-corrected chi connectivity index (χ2v) is 8.44. The number of amides is 2. The Bertz CT molecular complexity index is 1030. The molecule has 4 N–H and O–H groups in total. The molecule has 1 spiro atoms. The maximum absolute atomic E-state index is 13.4. The molecule has 0 aromatic heterocycles. The number of methoxy groups -OCH3 is 1. The molecule has 4 rings (SSSR count). The van der Waals surface area contributed by atoms with Gasteiger partial charge in [0.05, 0.1) is 24.8 Å². The predicted molar refractivity (Wildman–Crippen MR) is 115 cm³/mol. The van der Waals surface area contributed by atoms with Crippen LogP contribution in [0.1, 0.15) is 18.9 Å². The zero-order valence-electron chi connectivity index (χ0n) is 16.3. The quantitative estimate of drug-likeness (QED) is 0.574. The number of aliphatic hydroxyl groups excluding tert-OH is 1. The average Bonchev–Trinajstić information content (AvgIpc) is 3.23. The van der Waals surface area contributed by atoms with Crippen molar-refractivity contribution in [1.29, 1.82) is 0 Å². The third-order valence-corrected chi connectivity index (χ3v) is 6.23. The number of halogens is 2. The van der Waals surface area contributed by atoms with Crippen molar-refractivity contribution in [3.63, 3.8) is 0 Å². The number of hydrogen-bond donors (Lipinski definition) is 4. The summed E-state index contributed by atoms with van der Waals surface area (Å²) in [7, 11) is 1.49. The monoisotopic (exact) mass is 449 g/mol. The highest BCUT2D eigenvalue weighted by Crippen LogP contribution is 2.48. The van der Waals surface area contributed by atoms with Crippen LogP contribution in [0.2, 0.25) is 10.0 Å². The fourth-order valence-corrected chi connectivity index (χ4v) is 4.63. The minimum atomic E-state index is -1.35. The number of hydrogen-bond acceptors (Lipinski definition) is 5. The van der Waals surface area contributed by atoms with E-state index < -0.39 is 29.5 Å². The highest BCUT2D eigenvalue weighted by Gasteiger charge is 2.60. The van der Waals surface area contributed by atoms with Crippen LogP contribution < -0.4 is 20.7 Å². The SMILES string of the molecule is COc1ccc(Cl)cc1NC(=O)[C@@H]1C[C@H]([C@@H](C)O)N[C@]12C(=O)Nc1ccc(Cl)cc12. The zero-order valence-corrected chi connectivity index (χ0v) is 17.8. The molecule has 0 saturated carbocycles. The Labute approximate surface area is 183 Å². The van der Waals surface area contributed by atoms with Crippen LogP contribution in [-0.4, -0.2) is 36.2 Å². The zero-order chi connectivity index (χ0) is 21.6. The van der Waals surface area contributed by atoms with E-state index in [0.29, 0.717) is 32.7 Å². The van der Waals surface area contributed by atoms with Crippen LogP contribution >= 0.6 is 23.2 Å². The van der Waals surface area contributed by atoms with Crippen molar-refractivity contribution >= 4 is 46.4 Å². The fourth-order valence-electron chi connectivity index (χ4n) is 4.29. The number of fused-ring (bicyclic) bond motifs is 2. The van der Waals surface area contributed by atoms with Gasteiger partial charge in [-0.05, 0) is 49.7 Å². The van der Waals surface area contributed by atoms with Crippen LogP contribution in [0.15, 0.2) is 36.4 Å². The highest BCUT2D eigenvalue weighted by molar-refractivity contribution is 6.31. The molecule has 1 saturated heterocycles. The van der Waals surface area contributed by atoms with Gasteiger partial charge in [0.15, 0.2) is 0 Å². The summed E-state index contributed by atoms with van der Waals surface area (Å²) >= 11 is 12.3. The van der Waals surface area contributed by atoms with Gasteiger partial charge >= 0.3 is 0 Å². The van der Waals surface area contributed by atoms with E-state index in [0.717, 1.165) is 0 Å². The molecule has 2 aromatic carbocycles. The van der Waals surface area contributed by atoms with Crippen LogP contribution in [0.25, 0.3) is 0 Å². The van der Waals surface area contributed by atoms with Gasteiger partial charge in [-0.2, -0.15) is 0 Å². The van der Waals surface area contributed by atoms with Gasteiger partial charge in [0.25, 0.3) is 0 Å². The number of carbonyl (C=O) groups is 2. The van der Waals surface area contributed by atoms with E-state index in [2.05, 4.69) is 16.0 Å². The molecule has 158 valence electrons. The predicted octanol–water partition coefficient (Wildman–Crippen LogP) is 3.15. The van der Waals surface area contributed by atoms with E-state index in [1.54, 1.807) is 43.3 Å². The van der Waals surface area contributed by atoms with E-state index >= 15 is 0 Å². The van der Waals surface area contributed by atoms with Crippen molar-refractivity contribution in [2.24, 2.45) is 5.92 Å². The molecular weight excluding hydrogens is 429 g/mol. The van der Waals surface area contributed by atoms with E-state index in [-0.39, 0.29) is 12.3 Å². The molecule has 2 aliphatic rings. The molecule has 0 aliphatic carbocycles. The normalized spacial score (nSPS) is 25.7. The fraction of sp³-hybridized carbons (Fsp3) is 0.333. The summed E-state index contributed by atoms with van der Waals surface area (Å²) in [5.41, 5.74) is 0.218. The second-order valence-electron chi connectivity index (χ2n) is 7.57. The minimum absolute atomic E-state index is 0.256. The lowest BCUT2D eigenvalue weighted by Gasteiger charge is -2.29. The van der Waals surface area contributed by atoms with Crippen molar-refractivity contribution in [1.82, 2.24) is 5.32 Å². The Morgan fingerprint density at radius 1 is 1.27 bits per heavy atom. The lowest BCUT2D eigenvalue weighted by Crippen LogP contribution is -2.53. The molecule has 0 unspecified atom stereocenters. The molecule has 4 atom stereocenters. The Balaban J connectivity index is 1.76. The smallest absolute Gasteiger partial charge is 0.250 e. The van der Waals surface area contributed by atoms with E-state index in [4.69, 9.17) is 27.9 Å². The van der Waals surface area contributed by atoms with Gasteiger partial charge in [-0.25, -0.2) is 0 Å². The Morgan fingerprint density at radius 3 is 2.67 bits per heavy atom. The number of anilines is 2. The van der Waals surface area contributed by atoms with Gasteiger partial charge in [0.1, 0.15) is 11.3 Å². The molecule has 2 amide bonds. The summed E-state index contributed by atoms with van der Waals surface area (Å²) in [5.74, 6) is -1.12. The first-order valence-electron chi connectivity index (χ1n) is 9.48. The summed E-state index contributed by atoms with van der Waals surface area (Å²) < 4.78 is 5.31. The minimum Gasteiger partial charge on any atom is -0.495 e. The second kappa shape index (κ2) is 7.74. The molecular formula is C21H21Cl2N3O4. The van der Waals surface area contributed by atoms with E-state index in [9.17, 15) is 14.7 Å². The number of ether oxygens (including phenoxy) is 1. The molecule has 2 aromatic rings. The van der Waals surface area contributed by atoms with Crippen LogP contribution in [-0.2, 0) is 15.1 Å². The van der Waals surface area contributed by atoms with Crippen LogP contribution in [0.3, 0.4) is 0 Å². The van der Waals surface area contributed by atoms with E-state index in [1.807, 2.05) is 0 Å². The highest BCUT2D eigenvalue weighted by atomic mass is 35.5. The topological polar surface area (TPSA) is 99.7 Å².